The van der Waals surface area contributed by atoms with Crippen LogP contribution in [0, 0.1) is 0 Å². The molecule has 154 valence electrons. The third-order valence-corrected chi connectivity index (χ3v) is 4.49. The molecule has 2 amide bonds. The number of para-hydroxylation sites is 1. The first-order valence-corrected chi connectivity index (χ1v) is 9.63. The molecule has 0 aliphatic heterocycles. The third-order valence-electron chi connectivity index (χ3n) is 4.49. The molecule has 0 spiro atoms. The number of amides is 2. The van der Waals surface area contributed by atoms with Gasteiger partial charge in [-0.15, -0.1) is 0 Å². The van der Waals surface area contributed by atoms with E-state index >= 15 is 0 Å². The summed E-state index contributed by atoms with van der Waals surface area (Å²) >= 11 is 0. The molecule has 4 rings (SSSR count). The Bertz CT molecular complexity index is 1180. The van der Waals surface area contributed by atoms with Gasteiger partial charge in [0, 0.05) is 29.2 Å². The number of benzene rings is 2. The van der Waals surface area contributed by atoms with Crippen LogP contribution in [0.3, 0.4) is 0 Å². The molecular weight excluding hydrogens is 394 g/mol. The molecule has 0 atom stereocenters. The number of rotatable bonds is 7. The van der Waals surface area contributed by atoms with Crippen molar-refractivity contribution in [2.45, 2.75) is 6.42 Å². The van der Waals surface area contributed by atoms with Crippen molar-refractivity contribution in [1.82, 2.24) is 20.4 Å². The average Bonchev–Trinajstić information content (AvgIpc) is 3.28. The molecule has 0 saturated heterocycles. The van der Waals surface area contributed by atoms with Crippen molar-refractivity contribution in [3.63, 3.8) is 0 Å². The minimum atomic E-state index is -0.334. The number of carbonyl (C=O) groups is 2. The van der Waals surface area contributed by atoms with Gasteiger partial charge in [0.05, 0.1) is 13.0 Å². The van der Waals surface area contributed by atoms with Crippen molar-refractivity contribution in [2.24, 2.45) is 0 Å². The Kier molecular flexibility index (Phi) is 6.08. The lowest BCUT2D eigenvalue weighted by Crippen LogP contribution is -2.33. The van der Waals surface area contributed by atoms with Crippen LogP contribution >= 0.6 is 0 Å². The van der Waals surface area contributed by atoms with E-state index < -0.39 is 0 Å². The Morgan fingerprint density at radius 3 is 2.45 bits per heavy atom. The summed E-state index contributed by atoms with van der Waals surface area (Å²) in [5.74, 6) is 0.256. The van der Waals surface area contributed by atoms with E-state index in [1.807, 2.05) is 24.3 Å². The maximum Gasteiger partial charge on any atom is 0.251 e. The third kappa shape index (κ3) is 5.18. The van der Waals surface area contributed by atoms with Crippen LogP contribution in [0.4, 0.5) is 5.69 Å². The van der Waals surface area contributed by atoms with Gasteiger partial charge in [0.2, 0.25) is 17.6 Å². The van der Waals surface area contributed by atoms with Crippen LogP contribution in [0.5, 0.6) is 0 Å². The number of nitrogens with zero attached hydrogens (tertiary/aromatic N) is 3. The summed E-state index contributed by atoms with van der Waals surface area (Å²) in [5, 5.41) is 9.44. The summed E-state index contributed by atoms with van der Waals surface area (Å²) in [6.45, 7) is -0.144. The van der Waals surface area contributed by atoms with E-state index in [0.717, 1.165) is 11.1 Å². The molecule has 2 heterocycles. The summed E-state index contributed by atoms with van der Waals surface area (Å²) in [7, 11) is 0. The number of carbonyl (C=O) groups excluding carboxylic acids is 2. The van der Waals surface area contributed by atoms with E-state index in [1.54, 1.807) is 54.9 Å². The Hall–Kier alpha value is -4.33. The van der Waals surface area contributed by atoms with Crippen molar-refractivity contribution >= 4 is 17.5 Å². The number of aromatic nitrogens is 3. The van der Waals surface area contributed by atoms with E-state index in [1.165, 1.54) is 0 Å². The second kappa shape index (κ2) is 9.45. The standard InChI is InChI=1S/C23H19N5O3/c29-20(15-25-23(30)17-6-2-1-3-7-17)26-19-9-5-4-8-18(19)14-21-27-22(28-31-21)16-10-12-24-13-11-16/h1-13H,14-15H2,(H,25,30)(H,26,29). The topological polar surface area (TPSA) is 110 Å². The van der Waals surface area contributed by atoms with Crippen LogP contribution in [0.1, 0.15) is 21.8 Å². The lowest BCUT2D eigenvalue weighted by atomic mass is 10.1. The quantitative estimate of drug-likeness (QED) is 0.482. The van der Waals surface area contributed by atoms with Crippen LogP contribution in [0.15, 0.2) is 83.6 Å². The van der Waals surface area contributed by atoms with Gasteiger partial charge in [-0.2, -0.15) is 4.98 Å². The molecule has 31 heavy (non-hydrogen) atoms. The largest absolute Gasteiger partial charge is 0.343 e. The van der Waals surface area contributed by atoms with Crippen LogP contribution in [0.2, 0.25) is 0 Å². The Balaban J connectivity index is 1.39. The van der Waals surface area contributed by atoms with Gasteiger partial charge in [-0.3, -0.25) is 14.6 Å². The molecule has 2 aromatic carbocycles. The highest BCUT2D eigenvalue weighted by molar-refractivity contribution is 5.99. The van der Waals surface area contributed by atoms with Gasteiger partial charge < -0.3 is 15.2 Å². The van der Waals surface area contributed by atoms with E-state index in [0.29, 0.717) is 29.4 Å². The summed E-state index contributed by atoms with van der Waals surface area (Å²) in [6, 6.07) is 19.7. The average molecular weight is 413 g/mol. The Labute approximate surface area is 178 Å². The number of hydrogen-bond acceptors (Lipinski definition) is 6. The highest BCUT2D eigenvalue weighted by Gasteiger charge is 2.13. The maximum atomic E-state index is 12.4. The van der Waals surface area contributed by atoms with Crippen LogP contribution in [-0.2, 0) is 11.2 Å². The molecule has 2 N–H and O–H groups in total. The number of pyridine rings is 1. The smallest absolute Gasteiger partial charge is 0.251 e. The molecule has 0 bridgehead atoms. The van der Waals surface area contributed by atoms with Crippen molar-refractivity contribution in [2.75, 3.05) is 11.9 Å². The first-order chi connectivity index (χ1) is 15.2. The van der Waals surface area contributed by atoms with E-state index in [4.69, 9.17) is 4.52 Å². The molecule has 0 unspecified atom stereocenters. The highest BCUT2D eigenvalue weighted by atomic mass is 16.5. The molecule has 8 heteroatoms. The van der Waals surface area contributed by atoms with Gasteiger partial charge in [-0.25, -0.2) is 0 Å². The monoisotopic (exact) mass is 413 g/mol. The predicted molar refractivity (Wildman–Crippen MR) is 114 cm³/mol. The summed E-state index contributed by atoms with van der Waals surface area (Å²) in [6.07, 6.45) is 3.67. The SMILES string of the molecule is O=C(CNC(=O)c1ccccc1)Nc1ccccc1Cc1nc(-c2ccncc2)no1. The number of hydrogen-bond donors (Lipinski definition) is 2. The fraction of sp³-hybridized carbons (Fsp3) is 0.0870. The first kappa shape index (κ1) is 20.0. The molecular formula is C23H19N5O3. The van der Waals surface area contributed by atoms with Crippen LogP contribution < -0.4 is 10.6 Å². The Morgan fingerprint density at radius 1 is 0.903 bits per heavy atom. The maximum absolute atomic E-state index is 12.4. The van der Waals surface area contributed by atoms with Gasteiger partial charge >= 0.3 is 0 Å². The van der Waals surface area contributed by atoms with E-state index in [2.05, 4.69) is 25.8 Å². The van der Waals surface area contributed by atoms with Crippen molar-refractivity contribution < 1.29 is 14.1 Å². The fourth-order valence-electron chi connectivity index (χ4n) is 2.95. The molecule has 0 aliphatic rings. The number of anilines is 1. The normalized spacial score (nSPS) is 10.5. The zero-order valence-electron chi connectivity index (χ0n) is 16.5. The van der Waals surface area contributed by atoms with Gasteiger partial charge in [0.1, 0.15) is 0 Å². The minimum absolute atomic E-state index is 0.144. The lowest BCUT2D eigenvalue weighted by molar-refractivity contribution is -0.115. The summed E-state index contributed by atoms with van der Waals surface area (Å²) in [5.41, 5.74) is 2.73. The van der Waals surface area contributed by atoms with Crippen molar-refractivity contribution in [1.29, 1.82) is 0 Å². The molecule has 0 aliphatic carbocycles. The predicted octanol–water partition coefficient (Wildman–Crippen LogP) is 3.09. The fourth-order valence-corrected chi connectivity index (χ4v) is 2.95. The Morgan fingerprint density at radius 2 is 1.65 bits per heavy atom. The zero-order valence-corrected chi connectivity index (χ0v) is 16.5. The molecule has 2 aromatic heterocycles. The number of nitrogens with one attached hydrogen (secondary N) is 2. The van der Waals surface area contributed by atoms with Gasteiger partial charge in [-0.1, -0.05) is 41.6 Å². The lowest BCUT2D eigenvalue weighted by Gasteiger charge is -2.10. The summed E-state index contributed by atoms with van der Waals surface area (Å²) < 4.78 is 5.36. The van der Waals surface area contributed by atoms with Crippen molar-refractivity contribution in [3.8, 4) is 11.4 Å². The first-order valence-electron chi connectivity index (χ1n) is 9.63. The van der Waals surface area contributed by atoms with Crippen LogP contribution in [-0.4, -0.2) is 33.5 Å². The second-order valence-corrected chi connectivity index (χ2v) is 6.68. The van der Waals surface area contributed by atoms with Gasteiger partial charge in [0.25, 0.3) is 5.91 Å². The zero-order chi connectivity index (χ0) is 21.5. The van der Waals surface area contributed by atoms with Crippen molar-refractivity contribution in [3.05, 3.63) is 96.1 Å². The molecule has 4 aromatic rings. The molecule has 8 nitrogen and oxygen atoms in total. The molecule has 0 fully saturated rings. The molecule has 0 saturated carbocycles. The van der Waals surface area contributed by atoms with Gasteiger partial charge in [-0.05, 0) is 35.9 Å². The minimum Gasteiger partial charge on any atom is -0.343 e. The van der Waals surface area contributed by atoms with Gasteiger partial charge in [0.15, 0.2) is 0 Å². The van der Waals surface area contributed by atoms with Crippen LogP contribution in [0.25, 0.3) is 11.4 Å². The van der Waals surface area contributed by atoms with E-state index in [-0.39, 0.29) is 18.4 Å². The van der Waals surface area contributed by atoms with E-state index in [9.17, 15) is 9.59 Å². The highest BCUT2D eigenvalue weighted by Crippen LogP contribution is 2.20. The summed E-state index contributed by atoms with van der Waals surface area (Å²) in [4.78, 5) is 32.9. The second-order valence-electron chi connectivity index (χ2n) is 6.68. The molecule has 0 radical (unpaired) electrons.